The number of halogens is 1. The van der Waals surface area contributed by atoms with Crippen molar-refractivity contribution >= 4 is 22.5 Å². The van der Waals surface area contributed by atoms with Gasteiger partial charge >= 0.3 is 0 Å². The van der Waals surface area contributed by atoms with Crippen molar-refractivity contribution in [1.29, 1.82) is 5.26 Å². The highest BCUT2D eigenvalue weighted by atomic mass is 35.5. The van der Waals surface area contributed by atoms with E-state index in [1.54, 1.807) is 0 Å². The van der Waals surface area contributed by atoms with Gasteiger partial charge in [0, 0.05) is 23.3 Å². The summed E-state index contributed by atoms with van der Waals surface area (Å²) in [6.07, 6.45) is 2.05. The molecule has 0 N–H and O–H groups in total. The molecule has 2 nitrogen and oxygen atoms in total. The van der Waals surface area contributed by atoms with Crippen LogP contribution in [-0.4, -0.2) is 4.57 Å². The quantitative estimate of drug-likeness (QED) is 0.683. The van der Waals surface area contributed by atoms with E-state index in [0.717, 1.165) is 22.6 Å². The van der Waals surface area contributed by atoms with Crippen LogP contribution < -0.4 is 0 Å². The predicted molar refractivity (Wildman–Crippen MR) is 77.2 cm³/mol. The average molecular weight is 267 g/mol. The molecule has 92 valence electrons. The van der Waals surface area contributed by atoms with Crippen molar-refractivity contribution in [2.45, 2.75) is 6.54 Å². The lowest BCUT2D eigenvalue weighted by molar-refractivity contribution is 0.837. The maximum Gasteiger partial charge on any atom is 0.0991 e. The number of nitrogens with zero attached hydrogens (tertiary/aromatic N) is 2. The first kappa shape index (κ1) is 11.8. The van der Waals surface area contributed by atoms with Crippen LogP contribution in [0.2, 0.25) is 5.02 Å². The average Bonchev–Trinajstić information content (AvgIpc) is 2.82. The lowest BCUT2D eigenvalue weighted by Crippen LogP contribution is -1.97. The zero-order chi connectivity index (χ0) is 13.2. The van der Waals surface area contributed by atoms with Crippen LogP contribution in [0.5, 0.6) is 0 Å². The molecule has 0 saturated carbocycles. The van der Waals surface area contributed by atoms with E-state index in [-0.39, 0.29) is 0 Å². The molecule has 0 aliphatic carbocycles. The summed E-state index contributed by atoms with van der Waals surface area (Å²) in [5, 5.41) is 10.7. The first-order chi connectivity index (χ1) is 9.26. The van der Waals surface area contributed by atoms with Gasteiger partial charge in [0.15, 0.2) is 0 Å². The van der Waals surface area contributed by atoms with Gasteiger partial charge in [0.25, 0.3) is 0 Å². The van der Waals surface area contributed by atoms with Gasteiger partial charge in [-0.2, -0.15) is 5.26 Å². The third-order valence-corrected chi connectivity index (χ3v) is 3.41. The molecule has 0 bridgehead atoms. The Morgan fingerprint density at radius 2 is 1.84 bits per heavy atom. The molecule has 0 saturated heterocycles. The molecule has 0 aliphatic heterocycles. The number of fused-ring (bicyclic) bond motifs is 1. The lowest BCUT2D eigenvalue weighted by Gasteiger charge is -2.06. The van der Waals surface area contributed by atoms with Crippen LogP contribution in [-0.2, 0) is 6.54 Å². The van der Waals surface area contributed by atoms with Crippen molar-refractivity contribution in [3.63, 3.8) is 0 Å². The minimum absolute atomic E-state index is 0.684. The van der Waals surface area contributed by atoms with E-state index in [2.05, 4.69) is 22.9 Å². The highest BCUT2D eigenvalue weighted by molar-refractivity contribution is 6.31. The predicted octanol–water partition coefficient (Wildman–Crippen LogP) is 4.21. The number of hydrogen-bond acceptors (Lipinski definition) is 1. The molecule has 0 fully saturated rings. The molecule has 3 aromatic rings. The number of rotatable bonds is 2. The maximum absolute atomic E-state index is 8.79. The summed E-state index contributed by atoms with van der Waals surface area (Å²) in [6, 6.07) is 17.7. The Bertz CT molecular complexity index is 764. The van der Waals surface area contributed by atoms with Crippen LogP contribution >= 0.6 is 11.6 Å². The zero-order valence-electron chi connectivity index (χ0n) is 10.2. The second kappa shape index (κ2) is 4.79. The Balaban J connectivity index is 1.96. The lowest BCUT2D eigenvalue weighted by atomic mass is 10.1. The van der Waals surface area contributed by atoms with Crippen LogP contribution in [0, 0.1) is 11.3 Å². The van der Waals surface area contributed by atoms with Gasteiger partial charge in [-0.05, 0) is 41.3 Å². The van der Waals surface area contributed by atoms with Crippen LogP contribution in [0.3, 0.4) is 0 Å². The second-order valence-corrected chi connectivity index (χ2v) is 4.89. The van der Waals surface area contributed by atoms with Crippen molar-refractivity contribution < 1.29 is 0 Å². The number of benzene rings is 2. The molecule has 2 aromatic carbocycles. The smallest absolute Gasteiger partial charge is 0.0991 e. The largest absolute Gasteiger partial charge is 0.343 e. The van der Waals surface area contributed by atoms with E-state index < -0.39 is 0 Å². The molecule has 1 heterocycles. The maximum atomic E-state index is 8.79. The molecule has 1 aromatic heterocycles. The SMILES string of the molecule is N#Cc1ccc(Cn2ccc3ccc(Cl)cc32)cc1. The summed E-state index contributed by atoms with van der Waals surface area (Å²) in [5.41, 5.74) is 2.97. The molecular weight excluding hydrogens is 256 g/mol. The fraction of sp³-hybridized carbons (Fsp3) is 0.0625. The number of nitriles is 1. The van der Waals surface area contributed by atoms with Crippen LogP contribution in [0.25, 0.3) is 10.9 Å². The molecule has 0 unspecified atom stereocenters. The monoisotopic (exact) mass is 266 g/mol. The standard InChI is InChI=1S/C16H11ClN2/c17-15-6-5-14-7-8-19(16(14)9-15)11-13-3-1-12(10-18)2-4-13/h1-9H,11H2. The van der Waals surface area contributed by atoms with E-state index in [4.69, 9.17) is 16.9 Å². The molecule has 0 radical (unpaired) electrons. The molecule has 0 aliphatic rings. The summed E-state index contributed by atoms with van der Waals surface area (Å²) in [4.78, 5) is 0. The summed E-state index contributed by atoms with van der Waals surface area (Å²) in [6.45, 7) is 0.773. The van der Waals surface area contributed by atoms with Crippen LogP contribution in [0.15, 0.2) is 54.7 Å². The summed E-state index contributed by atoms with van der Waals surface area (Å²) in [7, 11) is 0. The molecule has 3 heteroatoms. The van der Waals surface area contributed by atoms with Crippen molar-refractivity contribution in [2.24, 2.45) is 0 Å². The van der Waals surface area contributed by atoms with Gasteiger partial charge < -0.3 is 4.57 Å². The highest BCUT2D eigenvalue weighted by Gasteiger charge is 2.02. The van der Waals surface area contributed by atoms with Gasteiger partial charge in [0.05, 0.1) is 11.6 Å². The third-order valence-electron chi connectivity index (χ3n) is 3.17. The Morgan fingerprint density at radius 3 is 2.58 bits per heavy atom. The minimum atomic E-state index is 0.684. The Labute approximate surface area is 116 Å². The Morgan fingerprint density at radius 1 is 1.05 bits per heavy atom. The highest BCUT2D eigenvalue weighted by Crippen LogP contribution is 2.21. The van der Waals surface area contributed by atoms with Gasteiger partial charge in [-0.15, -0.1) is 0 Å². The number of aromatic nitrogens is 1. The Hall–Kier alpha value is -2.24. The number of hydrogen-bond donors (Lipinski definition) is 0. The molecule has 0 amide bonds. The van der Waals surface area contributed by atoms with Crippen molar-refractivity contribution in [2.75, 3.05) is 0 Å². The van der Waals surface area contributed by atoms with Crippen molar-refractivity contribution in [3.8, 4) is 6.07 Å². The fourth-order valence-electron chi connectivity index (χ4n) is 2.18. The topological polar surface area (TPSA) is 28.7 Å². The molecular formula is C16H11ClN2. The Kier molecular flexibility index (Phi) is 2.98. The molecule has 19 heavy (non-hydrogen) atoms. The van der Waals surface area contributed by atoms with E-state index in [1.807, 2.05) is 42.5 Å². The van der Waals surface area contributed by atoms with E-state index in [1.165, 1.54) is 5.39 Å². The molecule has 3 rings (SSSR count). The first-order valence-corrected chi connectivity index (χ1v) is 6.37. The zero-order valence-corrected chi connectivity index (χ0v) is 10.9. The summed E-state index contributed by atoms with van der Waals surface area (Å²) >= 11 is 6.04. The van der Waals surface area contributed by atoms with Gasteiger partial charge in [0.1, 0.15) is 0 Å². The van der Waals surface area contributed by atoms with E-state index >= 15 is 0 Å². The minimum Gasteiger partial charge on any atom is -0.343 e. The first-order valence-electron chi connectivity index (χ1n) is 6.00. The van der Waals surface area contributed by atoms with E-state index in [0.29, 0.717) is 5.56 Å². The van der Waals surface area contributed by atoms with Crippen LogP contribution in [0.4, 0.5) is 0 Å². The molecule has 0 spiro atoms. The van der Waals surface area contributed by atoms with Gasteiger partial charge in [-0.3, -0.25) is 0 Å². The van der Waals surface area contributed by atoms with Gasteiger partial charge in [-0.1, -0.05) is 29.8 Å². The normalized spacial score (nSPS) is 10.5. The van der Waals surface area contributed by atoms with Gasteiger partial charge in [-0.25, -0.2) is 0 Å². The van der Waals surface area contributed by atoms with E-state index in [9.17, 15) is 0 Å². The fourth-order valence-corrected chi connectivity index (χ4v) is 2.34. The molecule has 0 atom stereocenters. The van der Waals surface area contributed by atoms with Crippen LogP contribution in [0.1, 0.15) is 11.1 Å². The third kappa shape index (κ3) is 2.33. The summed E-state index contributed by atoms with van der Waals surface area (Å²) in [5.74, 6) is 0. The second-order valence-electron chi connectivity index (χ2n) is 4.46. The van der Waals surface area contributed by atoms with Gasteiger partial charge in [0.2, 0.25) is 0 Å². The van der Waals surface area contributed by atoms with Crippen molar-refractivity contribution in [3.05, 3.63) is 70.9 Å². The van der Waals surface area contributed by atoms with Crippen molar-refractivity contribution in [1.82, 2.24) is 4.57 Å². The summed E-state index contributed by atoms with van der Waals surface area (Å²) < 4.78 is 2.16.